The topological polar surface area (TPSA) is 145 Å². The summed E-state index contributed by atoms with van der Waals surface area (Å²) in [5, 5.41) is 19.5. The number of nitrogens with one attached hydrogen (secondary N) is 3. The molecule has 0 spiro atoms. The fourth-order valence-corrected chi connectivity index (χ4v) is 4.88. The van der Waals surface area contributed by atoms with E-state index in [-0.39, 0.29) is 59.6 Å². The van der Waals surface area contributed by atoms with E-state index in [2.05, 4.69) is 45.9 Å². The second-order valence-electron chi connectivity index (χ2n) is 7.50. The van der Waals surface area contributed by atoms with Crippen LogP contribution in [0.15, 0.2) is 32.3 Å². The number of aromatic nitrogens is 2. The molecule has 11 nitrogen and oxygen atoms in total. The predicted molar refractivity (Wildman–Crippen MR) is 115 cm³/mol. The molecule has 1 aliphatic heterocycles. The summed E-state index contributed by atoms with van der Waals surface area (Å²) in [6.45, 7) is 2.74. The Morgan fingerprint density at radius 3 is 2.84 bits per heavy atom. The van der Waals surface area contributed by atoms with Gasteiger partial charge in [0.25, 0.3) is 10.2 Å². The number of alkyl halides is 1. The average Bonchev–Trinajstić information content (AvgIpc) is 3.34. The van der Waals surface area contributed by atoms with E-state index >= 15 is 4.39 Å². The maximum absolute atomic E-state index is 15.3. The molecule has 1 saturated heterocycles. The first-order valence-corrected chi connectivity index (χ1v) is 11.7. The van der Waals surface area contributed by atoms with Crippen LogP contribution in [0.25, 0.3) is 0 Å². The molecule has 0 aliphatic carbocycles. The number of halogens is 3. The first-order valence-electron chi connectivity index (χ1n) is 9.50. The highest BCUT2D eigenvalue weighted by molar-refractivity contribution is 9.10. The van der Waals surface area contributed by atoms with Crippen LogP contribution in [0.5, 0.6) is 0 Å². The highest BCUT2D eigenvalue weighted by atomic mass is 79.9. The van der Waals surface area contributed by atoms with Gasteiger partial charge in [0, 0.05) is 12.6 Å². The minimum Gasteiger partial charge on any atom is -0.362 e. The molecule has 3 rings (SSSR count). The molecule has 1 aliphatic rings. The number of benzene rings is 1. The zero-order valence-electron chi connectivity index (χ0n) is 17.1. The lowest BCUT2D eigenvalue weighted by molar-refractivity contribution is 0.197. The monoisotopic (exact) mass is 537 g/mol. The van der Waals surface area contributed by atoms with Crippen LogP contribution >= 0.6 is 15.9 Å². The third kappa shape index (κ3) is 5.78. The van der Waals surface area contributed by atoms with E-state index in [1.807, 2.05) is 5.48 Å². The summed E-state index contributed by atoms with van der Waals surface area (Å²) in [7, 11) is -3.79. The Hall–Kier alpha value is -2.20. The van der Waals surface area contributed by atoms with E-state index in [1.54, 1.807) is 13.8 Å². The Morgan fingerprint density at radius 1 is 1.44 bits per heavy atom. The quantitative estimate of drug-likeness (QED) is 0.227. The van der Waals surface area contributed by atoms with Crippen LogP contribution in [0.4, 0.5) is 20.3 Å². The van der Waals surface area contributed by atoms with E-state index in [0.29, 0.717) is 0 Å². The van der Waals surface area contributed by atoms with Crippen molar-refractivity contribution in [3.63, 3.8) is 0 Å². The molecule has 0 radical (unpaired) electrons. The highest BCUT2D eigenvalue weighted by Gasteiger charge is 2.43. The van der Waals surface area contributed by atoms with Crippen LogP contribution < -0.4 is 15.5 Å². The van der Waals surface area contributed by atoms with E-state index < -0.39 is 21.7 Å². The molecule has 4 N–H and O–H groups in total. The number of aliphatic imine (C=N–C) groups is 1. The molecular formula is C17H22BrF2N7O4S. The number of hydrogen-bond acceptors (Lipinski definition) is 8. The summed E-state index contributed by atoms with van der Waals surface area (Å²) in [6, 6.07) is 3.61. The molecular weight excluding hydrogens is 516 g/mol. The zero-order chi connectivity index (χ0) is 23.5. The lowest BCUT2D eigenvalue weighted by Crippen LogP contribution is -2.45. The normalized spacial score (nSPS) is 20.2. The fourth-order valence-electron chi connectivity index (χ4n) is 3.04. The number of anilines is 1. The van der Waals surface area contributed by atoms with Gasteiger partial charge in [0.1, 0.15) is 11.5 Å². The third-order valence-corrected chi connectivity index (χ3v) is 6.90. The van der Waals surface area contributed by atoms with Crippen LogP contribution in [0.1, 0.15) is 26.0 Å². The van der Waals surface area contributed by atoms with Gasteiger partial charge in [-0.05, 0) is 64.7 Å². The molecule has 15 heteroatoms. The lowest BCUT2D eigenvalue weighted by Gasteiger charge is -2.22. The Labute approximate surface area is 191 Å². The summed E-state index contributed by atoms with van der Waals surface area (Å²) in [6.07, 6.45) is -0.0254. The molecule has 176 valence electrons. The van der Waals surface area contributed by atoms with Crippen molar-refractivity contribution in [1.29, 1.82) is 0 Å². The van der Waals surface area contributed by atoms with Gasteiger partial charge in [-0.1, -0.05) is 0 Å². The number of hydrogen-bond donors (Lipinski definition) is 4. The number of nitrogens with zero attached hydrogens (tertiary/aromatic N) is 4. The number of hydroxylamine groups is 1. The Kier molecular flexibility index (Phi) is 7.44. The highest BCUT2D eigenvalue weighted by Crippen LogP contribution is 2.28. The SMILES string of the molecule is CC(C)NS(=O)(=O)N1CC[C@](F)(CNc2nonc2C(=Nc2ccc(F)c(Br)c2)NO)C1. The second-order valence-corrected chi connectivity index (χ2v) is 10.1. The van der Waals surface area contributed by atoms with Crippen LogP contribution in [0, 0.1) is 5.82 Å². The molecule has 2 aromatic rings. The number of amidine groups is 1. The molecule has 2 heterocycles. The van der Waals surface area contributed by atoms with Crippen molar-refractivity contribution in [3.8, 4) is 0 Å². The summed E-state index contributed by atoms with van der Waals surface area (Å²) < 4.78 is 61.5. The number of rotatable bonds is 8. The van der Waals surface area contributed by atoms with Crippen molar-refractivity contribution in [2.24, 2.45) is 4.99 Å². The van der Waals surface area contributed by atoms with Gasteiger partial charge in [-0.15, -0.1) is 0 Å². The minimum atomic E-state index is -3.79. The smallest absolute Gasteiger partial charge is 0.279 e. The van der Waals surface area contributed by atoms with E-state index in [1.165, 1.54) is 18.2 Å². The van der Waals surface area contributed by atoms with Crippen LogP contribution in [0.3, 0.4) is 0 Å². The van der Waals surface area contributed by atoms with Crippen LogP contribution in [-0.2, 0) is 10.2 Å². The van der Waals surface area contributed by atoms with Gasteiger partial charge in [0.15, 0.2) is 11.5 Å². The summed E-state index contributed by atoms with van der Waals surface area (Å²) in [4.78, 5) is 4.12. The third-order valence-electron chi connectivity index (χ3n) is 4.53. The Balaban J connectivity index is 1.72. The summed E-state index contributed by atoms with van der Waals surface area (Å²) in [5.74, 6) is -0.695. The van der Waals surface area contributed by atoms with E-state index in [0.717, 1.165) is 4.31 Å². The molecule has 0 bridgehead atoms. The summed E-state index contributed by atoms with van der Waals surface area (Å²) >= 11 is 3.04. The van der Waals surface area contributed by atoms with Gasteiger partial charge < -0.3 is 5.32 Å². The van der Waals surface area contributed by atoms with Gasteiger partial charge in [0.05, 0.1) is 23.2 Å². The fraction of sp³-hybridized carbons (Fsp3) is 0.471. The minimum absolute atomic E-state index is 0.0223. The van der Waals surface area contributed by atoms with E-state index in [9.17, 15) is 18.0 Å². The van der Waals surface area contributed by atoms with Gasteiger partial charge >= 0.3 is 0 Å². The second kappa shape index (κ2) is 9.74. The zero-order valence-corrected chi connectivity index (χ0v) is 19.5. The van der Waals surface area contributed by atoms with Crippen molar-refractivity contribution in [2.75, 3.05) is 25.0 Å². The molecule has 1 aromatic carbocycles. The van der Waals surface area contributed by atoms with Crippen LogP contribution in [0.2, 0.25) is 0 Å². The van der Waals surface area contributed by atoms with Gasteiger partial charge in [-0.25, -0.2) is 18.4 Å². The molecule has 0 saturated carbocycles. The standard InChI is InChI=1S/C17H22BrF2N7O4S/c1-10(2)26-32(29,30)27-6-5-17(20,9-27)8-21-15-14(24-31-25-15)16(23-28)22-11-3-4-13(19)12(18)7-11/h3-4,7,10,26,28H,5-6,8-9H2,1-2H3,(H,21,25)(H,22,23)/t17-/m0/s1. The van der Waals surface area contributed by atoms with Crippen molar-refractivity contribution >= 4 is 43.5 Å². The van der Waals surface area contributed by atoms with Gasteiger partial charge in [-0.2, -0.15) is 17.4 Å². The van der Waals surface area contributed by atoms with Crippen molar-refractivity contribution in [3.05, 3.63) is 34.2 Å². The molecule has 1 fully saturated rings. The first-order chi connectivity index (χ1) is 15.0. The van der Waals surface area contributed by atoms with E-state index in [4.69, 9.17) is 0 Å². The van der Waals surface area contributed by atoms with Crippen LogP contribution in [-0.4, -0.2) is 65.4 Å². The first kappa shape index (κ1) is 24.4. The maximum atomic E-state index is 15.3. The van der Waals surface area contributed by atoms with Crippen molar-refractivity contribution < 1.29 is 27.0 Å². The summed E-state index contributed by atoms with van der Waals surface area (Å²) in [5.41, 5.74) is 0.214. The molecule has 0 unspecified atom stereocenters. The molecule has 0 amide bonds. The predicted octanol–water partition coefficient (Wildman–Crippen LogP) is 2.10. The maximum Gasteiger partial charge on any atom is 0.279 e. The van der Waals surface area contributed by atoms with Crippen molar-refractivity contribution in [1.82, 2.24) is 24.8 Å². The molecule has 32 heavy (non-hydrogen) atoms. The van der Waals surface area contributed by atoms with Gasteiger partial charge in [-0.3, -0.25) is 10.7 Å². The lowest BCUT2D eigenvalue weighted by atomic mass is 10.1. The average molecular weight is 538 g/mol. The molecule has 1 atom stereocenters. The van der Waals surface area contributed by atoms with Crippen molar-refractivity contribution in [2.45, 2.75) is 32.0 Å². The molecule has 1 aromatic heterocycles. The Bertz CT molecular complexity index is 1100. The Morgan fingerprint density at radius 2 is 2.19 bits per heavy atom. The van der Waals surface area contributed by atoms with Gasteiger partial charge in [0.2, 0.25) is 5.82 Å². The largest absolute Gasteiger partial charge is 0.362 e.